The molecule has 0 atom stereocenters. The maximum Gasteiger partial charge on any atom is 0.344 e. The van der Waals surface area contributed by atoms with Gasteiger partial charge in [-0.3, -0.25) is 0 Å². The van der Waals surface area contributed by atoms with Gasteiger partial charge < -0.3 is 9.47 Å². The fourth-order valence-corrected chi connectivity index (χ4v) is 4.30. The fraction of sp³-hybridized carbons (Fsp3) is 0.235. The molecule has 0 radical (unpaired) electrons. The molecule has 0 aromatic heterocycles. The van der Waals surface area contributed by atoms with Crippen LogP contribution in [0.25, 0.3) is 0 Å². The van der Waals surface area contributed by atoms with Gasteiger partial charge in [0.25, 0.3) is 9.05 Å². The zero-order chi connectivity index (χ0) is 20.1. The van der Waals surface area contributed by atoms with E-state index in [2.05, 4.69) is 0 Å². The van der Waals surface area contributed by atoms with Crippen molar-refractivity contribution in [3.63, 3.8) is 0 Å². The van der Waals surface area contributed by atoms with Crippen LogP contribution in [-0.2, 0) is 28.4 Å². The average molecular weight is 433 g/mol. The van der Waals surface area contributed by atoms with Gasteiger partial charge in [-0.2, -0.15) is 0 Å². The second-order valence-corrected chi connectivity index (χ2v) is 10.1. The average Bonchev–Trinajstić information content (AvgIpc) is 2.59. The largest absolute Gasteiger partial charge is 0.482 e. The van der Waals surface area contributed by atoms with Gasteiger partial charge in [-0.25, -0.2) is 21.6 Å². The molecule has 0 aliphatic heterocycles. The first-order valence-electron chi connectivity index (χ1n) is 7.71. The molecule has 2 rings (SSSR count). The van der Waals surface area contributed by atoms with E-state index < -0.39 is 31.5 Å². The van der Waals surface area contributed by atoms with Gasteiger partial charge in [0.15, 0.2) is 16.4 Å². The highest BCUT2D eigenvalue weighted by Gasteiger charge is 2.17. The van der Waals surface area contributed by atoms with E-state index in [-0.39, 0.29) is 27.9 Å². The van der Waals surface area contributed by atoms with Crippen LogP contribution in [0.3, 0.4) is 0 Å². The Hall–Kier alpha value is -2.10. The third-order valence-corrected chi connectivity index (χ3v) is 6.71. The lowest BCUT2D eigenvalue weighted by Gasteiger charge is -2.09. The van der Waals surface area contributed by atoms with Crippen molar-refractivity contribution in [2.45, 2.75) is 16.7 Å². The number of halogens is 1. The van der Waals surface area contributed by atoms with Crippen LogP contribution in [0.1, 0.15) is 5.56 Å². The fourth-order valence-electron chi connectivity index (χ4n) is 2.16. The molecule has 0 saturated carbocycles. The van der Waals surface area contributed by atoms with E-state index in [9.17, 15) is 21.6 Å². The van der Waals surface area contributed by atoms with Crippen molar-refractivity contribution in [3.05, 3.63) is 54.1 Å². The summed E-state index contributed by atoms with van der Waals surface area (Å²) in [4.78, 5) is 11.8. The van der Waals surface area contributed by atoms with E-state index >= 15 is 0 Å². The van der Waals surface area contributed by atoms with Gasteiger partial charge in [-0.05, 0) is 42.8 Å². The molecule has 0 heterocycles. The van der Waals surface area contributed by atoms with Crippen LogP contribution >= 0.6 is 10.7 Å². The minimum absolute atomic E-state index is 0.0968. The van der Waals surface area contributed by atoms with Gasteiger partial charge in [0, 0.05) is 10.7 Å². The highest BCUT2D eigenvalue weighted by atomic mass is 35.7. The Morgan fingerprint density at radius 1 is 1.00 bits per heavy atom. The molecule has 2 aromatic carbocycles. The lowest BCUT2D eigenvalue weighted by atomic mass is 10.2. The monoisotopic (exact) mass is 432 g/mol. The lowest BCUT2D eigenvalue weighted by Crippen LogP contribution is -2.20. The summed E-state index contributed by atoms with van der Waals surface area (Å²) >= 11 is 0. The molecule has 0 fully saturated rings. The topological polar surface area (TPSA) is 104 Å². The first-order valence-corrected chi connectivity index (χ1v) is 11.7. The predicted octanol–water partition coefficient (Wildman–Crippen LogP) is 2.32. The van der Waals surface area contributed by atoms with Crippen molar-refractivity contribution in [2.75, 3.05) is 19.0 Å². The van der Waals surface area contributed by atoms with E-state index in [0.717, 1.165) is 0 Å². The highest BCUT2D eigenvalue weighted by Crippen LogP contribution is 2.19. The van der Waals surface area contributed by atoms with Crippen LogP contribution in [0.2, 0.25) is 0 Å². The number of benzene rings is 2. The maximum atomic E-state index is 12.2. The zero-order valence-electron chi connectivity index (χ0n) is 14.3. The summed E-state index contributed by atoms with van der Waals surface area (Å²) in [7, 11) is -2.20. The Kier molecular flexibility index (Phi) is 6.85. The minimum Gasteiger partial charge on any atom is -0.482 e. The van der Waals surface area contributed by atoms with Crippen LogP contribution in [0.5, 0.6) is 5.75 Å². The molecule has 0 aliphatic rings. The number of carbonyl (C=O) groups excluding carboxylic acids is 1. The van der Waals surface area contributed by atoms with Gasteiger partial charge in [0.05, 0.1) is 15.5 Å². The van der Waals surface area contributed by atoms with Gasteiger partial charge >= 0.3 is 5.97 Å². The second kappa shape index (κ2) is 8.73. The number of carbonyl (C=O) groups is 1. The summed E-state index contributed by atoms with van der Waals surface area (Å²) in [5.41, 5.74) is 0.620. The number of aryl methyl sites for hydroxylation is 1. The van der Waals surface area contributed by atoms with Crippen LogP contribution in [0.15, 0.2) is 58.3 Å². The molecule has 0 unspecified atom stereocenters. The van der Waals surface area contributed by atoms with Gasteiger partial charge in [0.1, 0.15) is 12.4 Å². The summed E-state index contributed by atoms with van der Waals surface area (Å²) in [6.07, 6.45) is 0. The summed E-state index contributed by atoms with van der Waals surface area (Å²) in [6, 6.07) is 11.7. The molecule has 10 heteroatoms. The van der Waals surface area contributed by atoms with Gasteiger partial charge in [-0.15, -0.1) is 0 Å². The molecule has 0 bridgehead atoms. The highest BCUT2D eigenvalue weighted by molar-refractivity contribution is 8.13. The van der Waals surface area contributed by atoms with E-state index in [1.54, 1.807) is 25.1 Å². The smallest absolute Gasteiger partial charge is 0.344 e. The van der Waals surface area contributed by atoms with Crippen molar-refractivity contribution in [1.82, 2.24) is 0 Å². The van der Waals surface area contributed by atoms with Crippen LogP contribution < -0.4 is 4.74 Å². The Morgan fingerprint density at radius 3 is 2.22 bits per heavy atom. The summed E-state index contributed by atoms with van der Waals surface area (Å²) < 4.78 is 56.8. The minimum atomic E-state index is -3.83. The maximum absolute atomic E-state index is 12.2. The third-order valence-electron chi connectivity index (χ3n) is 3.51. The van der Waals surface area contributed by atoms with Crippen LogP contribution in [0.4, 0.5) is 0 Å². The van der Waals surface area contributed by atoms with Gasteiger partial charge in [-0.1, -0.05) is 18.2 Å². The Morgan fingerprint density at radius 2 is 1.63 bits per heavy atom. The van der Waals surface area contributed by atoms with E-state index in [1.165, 1.54) is 30.3 Å². The number of esters is 1. The molecule has 0 spiro atoms. The van der Waals surface area contributed by atoms with Crippen LogP contribution in [0, 0.1) is 6.92 Å². The quantitative estimate of drug-likeness (QED) is 0.465. The Labute approximate surface area is 162 Å². The number of hydrogen-bond donors (Lipinski definition) is 0. The molecule has 146 valence electrons. The molecule has 0 N–H and O–H groups in total. The van der Waals surface area contributed by atoms with Crippen molar-refractivity contribution in [2.24, 2.45) is 0 Å². The lowest BCUT2D eigenvalue weighted by molar-refractivity contribution is -0.145. The van der Waals surface area contributed by atoms with E-state index in [4.69, 9.17) is 20.2 Å². The summed E-state index contributed by atoms with van der Waals surface area (Å²) in [5, 5.41) is 0. The van der Waals surface area contributed by atoms with E-state index in [1.807, 2.05) is 0 Å². The third kappa shape index (κ3) is 6.23. The Balaban J connectivity index is 1.82. The standard InChI is InChI=1S/C17H17ClO7S2/c1-13-4-2-3-5-16(13)26(20,21)11-10-24-17(19)12-25-14-6-8-15(9-7-14)27(18,22)23/h2-9H,10-12H2,1H3. The van der Waals surface area contributed by atoms with Gasteiger partial charge in [0.2, 0.25) is 0 Å². The van der Waals surface area contributed by atoms with Crippen molar-refractivity contribution in [1.29, 1.82) is 0 Å². The number of ether oxygens (including phenoxy) is 2. The number of sulfone groups is 1. The Bertz CT molecular complexity index is 1010. The molecular formula is C17H17ClO7S2. The first-order chi connectivity index (χ1) is 12.6. The molecular weight excluding hydrogens is 416 g/mol. The molecule has 7 nitrogen and oxygen atoms in total. The summed E-state index contributed by atoms with van der Waals surface area (Å²) in [6.45, 7) is 0.938. The van der Waals surface area contributed by atoms with Crippen molar-refractivity contribution in [3.8, 4) is 5.75 Å². The predicted molar refractivity (Wildman–Crippen MR) is 99.2 cm³/mol. The molecule has 0 amide bonds. The van der Waals surface area contributed by atoms with Crippen molar-refractivity contribution >= 4 is 35.5 Å². The molecule has 0 saturated heterocycles. The second-order valence-electron chi connectivity index (χ2n) is 5.50. The SMILES string of the molecule is Cc1ccccc1S(=O)(=O)CCOC(=O)COc1ccc(S(=O)(=O)Cl)cc1. The summed E-state index contributed by atoms with van der Waals surface area (Å²) in [5.74, 6) is -0.848. The molecule has 27 heavy (non-hydrogen) atoms. The zero-order valence-corrected chi connectivity index (χ0v) is 16.7. The molecule has 0 aliphatic carbocycles. The van der Waals surface area contributed by atoms with Crippen molar-refractivity contribution < 1.29 is 31.1 Å². The first kappa shape index (κ1) is 21.2. The molecule has 2 aromatic rings. The number of rotatable bonds is 8. The normalized spacial score (nSPS) is 11.8. The van der Waals surface area contributed by atoms with E-state index in [0.29, 0.717) is 5.56 Å². The number of hydrogen-bond acceptors (Lipinski definition) is 7. The van der Waals surface area contributed by atoms with Crippen LogP contribution in [-0.4, -0.2) is 41.8 Å².